The van der Waals surface area contributed by atoms with Crippen molar-refractivity contribution in [3.8, 4) is 17.3 Å². The van der Waals surface area contributed by atoms with E-state index in [9.17, 15) is 9.90 Å². The van der Waals surface area contributed by atoms with Gasteiger partial charge in [0.25, 0.3) is 5.56 Å². The van der Waals surface area contributed by atoms with Gasteiger partial charge >= 0.3 is 0 Å². The molecule has 0 aliphatic heterocycles. The zero-order chi connectivity index (χ0) is 12.6. The van der Waals surface area contributed by atoms with Crippen LogP contribution < -0.4 is 5.56 Å². The standard InChI is InChI=1S/C11H14N4O2/c1-6(2)8-10(16)13-9(14-11(8)17)7-4-12-15(3)5-7/h4-6H,1-3H3,(H2,13,14,16,17). The maximum Gasteiger partial charge on any atom is 0.258 e. The van der Waals surface area contributed by atoms with E-state index >= 15 is 0 Å². The first kappa shape index (κ1) is 11.4. The quantitative estimate of drug-likeness (QED) is 0.811. The van der Waals surface area contributed by atoms with Crippen LogP contribution in [0, 0.1) is 0 Å². The van der Waals surface area contributed by atoms with Gasteiger partial charge in [0.2, 0.25) is 5.88 Å². The normalized spacial score (nSPS) is 11.1. The molecule has 0 unspecified atom stereocenters. The number of aromatic amines is 1. The van der Waals surface area contributed by atoms with Crippen molar-refractivity contribution in [1.29, 1.82) is 0 Å². The number of nitrogens with zero attached hydrogens (tertiary/aromatic N) is 3. The molecule has 2 aromatic rings. The summed E-state index contributed by atoms with van der Waals surface area (Å²) in [7, 11) is 1.77. The lowest BCUT2D eigenvalue weighted by Gasteiger charge is -2.07. The molecule has 0 saturated carbocycles. The van der Waals surface area contributed by atoms with E-state index in [1.165, 1.54) is 0 Å². The number of rotatable bonds is 2. The van der Waals surface area contributed by atoms with Gasteiger partial charge in [-0.25, -0.2) is 0 Å². The summed E-state index contributed by atoms with van der Waals surface area (Å²) < 4.78 is 1.60. The van der Waals surface area contributed by atoms with Gasteiger partial charge in [-0.1, -0.05) is 13.8 Å². The van der Waals surface area contributed by atoms with Gasteiger partial charge in [0.15, 0.2) is 0 Å². The molecule has 0 atom stereocenters. The molecule has 0 spiro atoms. The first-order chi connectivity index (χ1) is 7.99. The Morgan fingerprint density at radius 2 is 2.18 bits per heavy atom. The van der Waals surface area contributed by atoms with Crippen molar-refractivity contribution >= 4 is 0 Å². The zero-order valence-corrected chi connectivity index (χ0v) is 9.93. The molecule has 2 N–H and O–H groups in total. The maximum atomic E-state index is 11.8. The Bertz CT molecular complexity index is 598. The monoisotopic (exact) mass is 234 g/mol. The second-order valence-corrected chi connectivity index (χ2v) is 4.21. The highest BCUT2D eigenvalue weighted by molar-refractivity contribution is 5.53. The highest BCUT2D eigenvalue weighted by Gasteiger charge is 2.15. The summed E-state index contributed by atoms with van der Waals surface area (Å²) in [5.74, 6) is 0.0294. The van der Waals surface area contributed by atoms with Crippen LogP contribution in [0.1, 0.15) is 25.3 Å². The van der Waals surface area contributed by atoms with Crippen LogP contribution in [0.25, 0.3) is 11.4 Å². The second-order valence-electron chi connectivity index (χ2n) is 4.21. The molecule has 6 heteroatoms. The third-order valence-corrected chi connectivity index (χ3v) is 2.49. The molecule has 0 amide bonds. The Morgan fingerprint density at radius 1 is 1.47 bits per heavy atom. The van der Waals surface area contributed by atoms with Crippen LogP contribution in [0.3, 0.4) is 0 Å². The van der Waals surface area contributed by atoms with Crippen LogP contribution in [0.4, 0.5) is 0 Å². The Morgan fingerprint density at radius 3 is 2.65 bits per heavy atom. The van der Waals surface area contributed by atoms with Crippen molar-refractivity contribution < 1.29 is 5.11 Å². The molecule has 2 heterocycles. The van der Waals surface area contributed by atoms with Gasteiger partial charge in [0.1, 0.15) is 5.82 Å². The second kappa shape index (κ2) is 4.04. The Labute approximate surface area is 98.0 Å². The molecule has 17 heavy (non-hydrogen) atoms. The number of aromatic hydroxyl groups is 1. The molecule has 6 nitrogen and oxygen atoms in total. The van der Waals surface area contributed by atoms with Gasteiger partial charge in [-0.15, -0.1) is 0 Å². The topological polar surface area (TPSA) is 83.8 Å². The van der Waals surface area contributed by atoms with Gasteiger partial charge in [-0.2, -0.15) is 10.1 Å². The van der Waals surface area contributed by atoms with Gasteiger partial charge < -0.3 is 10.1 Å². The number of hydrogen-bond donors (Lipinski definition) is 2. The number of nitrogens with one attached hydrogen (secondary N) is 1. The van der Waals surface area contributed by atoms with E-state index in [1.807, 2.05) is 13.8 Å². The summed E-state index contributed by atoms with van der Waals surface area (Å²) in [5.41, 5.74) is 0.652. The largest absolute Gasteiger partial charge is 0.493 e. The van der Waals surface area contributed by atoms with Gasteiger partial charge in [0.05, 0.1) is 17.3 Å². The van der Waals surface area contributed by atoms with Crippen LogP contribution in [-0.2, 0) is 7.05 Å². The van der Waals surface area contributed by atoms with Crippen molar-refractivity contribution in [2.45, 2.75) is 19.8 Å². The first-order valence-corrected chi connectivity index (χ1v) is 5.31. The molecule has 0 fully saturated rings. The fourth-order valence-corrected chi connectivity index (χ4v) is 1.67. The van der Waals surface area contributed by atoms with Crippen LogP contribution in [0.5, 0.6) is 5.88 Å². The molecule has 0 saturated heterocycles. The molecule has 0 aromatic carbocycles. The lowest BCUT2D eigenvalue weighted by molar-refractivity contribution is 0.440. The van der Waals surface area contributed by atoms with E-state index in [2.05, 4.69) is 15.1 Å². The Hall–Kier alpha value is -2.11. The summed E-state index contributed by atoms with van der Waals surface area (Å²) in [4.78, 5) is 18.4. The minimum absolute atomic E-state index is 0.0748. The molecule has 2 rings (SSSR count). The summed E-state index contributed by atoms with van der Waals surface area (Å²) in [6.07, 6.45) is 3.29. The van der Waals surface area contributed by atoms with Gasteiger partial charge in [-0.3, -0.25) is 9.48 Å². The molecule has 2 aromatic heterocycles. The van der Waals surface area contributed by atoms with Crippen molar-refractivity contribution in [2.24, 2.45) is 7.05 Å². The molecular formula is C11H14N4O2. The highest BCUT2D eigenvalue weighted by atomic mass is 16.3. The minimum atomic E-state index is -0.314. The lowest BCUT2D eigenvalue weighted by Crippen LogP contribution is -2.16. The minimum Gasteiger partial charge on any atom is -0.493 e. The SMILES string of the molecule is CC(C)c1c(O)nc(-c2cnn(C)c2)[nH]c1=O. The average Bonchev–Trinajstić information content (AvgIpc) is 2.63. The van der Waals surface area contributed by atoms with Crippen LogP contribution >= 0.6 is 0 Å². The highest BCUT2D eigenvalue weighted by Crippen LogP contribution is 2.21. The maximum absolute atomic E-state index is 11.8. The third-order valence-electron chi connectivity index (χ3n) is 2.49. The molecule has 0 bridgehead atoms. The third kappa shape index (κ3) is 2.06. The molecule has 0 aliphatic rings. The number of aromatic nitrogens is 4. The van der Waals surface area contributed by atoms with E-state index in [4.69, 9.17) is 0 Å². The molecule has 0 aliphatic carbocycles. The van der Waals surface area contributed by atoms with Crippen molar-refractivity contribution in [2.75, 3.05) is 0 Å². The van der Waals surface area contributed by atoms with Gasteiger partial charge in [0, 0.05) is 13.2 Å². The van der Waals surface area contributed by atoms with E-state index < -0.39 is 0 Å². The van der Waals surface area contributed by atoms with Crippen LogP contribution in [0.2, 0.25) is 0 Å². The summed E-state index contributed by atoms with van der Waals surface area (Å²) in [6, 6.07) is 0. The Balaban J connectivity index is 2.57. The van der Waals surface area contributed by atoms with E-state index in [1.54, 1.807) is 24.1 Å². The van der Waals surface area contributed by atoms with Crippen molar-refractivity contribution in [3.05, 3.63) is 28.3 Å². The number of aryl methyl sites for hydroxylation is 1. The average molecular weight is 234 g/mol. The first-order valence-electron chi connectivity index (χ1n) is 5.31. The van der Waals surface area contributed by atoms with Crippen molar-refractivity contribution in [1.82, 2.24) is 19.7 Å². The van der Waals surface area contributed by atoms with Crippen molar-refractivity contribution in [3.63, 3.8) is 0 Å². The van der Waals surface area contributed by atoms with Gasteiger partial charge in [-0.05, 0) is 5.92 Å². The fraction of sp³-hybridized carbons (Fsp3) is 0.364. The smallest absolute Gasteiger partial charge is 0.258 e. The predicted molar refractivity (Wildman–Crippen MR) is 62.8 cm³/mol. The lowest BCUT2D eigenvalue weighted by atomic mass is 10.1. The predicted octanol–water partition coefficient (Wildman–Crippen LogP) is 0.999. The number of hydrogen-bond acceptors (Lipinski definition) is 4. The summed E-state index contributed by atoms with van der Waals surface area (Å²) in [5, 5.41) is 13.7. The van der Waals surface area contributed by atoms with Crippen LogP contribution in [-0.4, -0.2) is 24.9 Å². The summed E-state index contributed by atoms with van der Waals surface area (Å²) >= 11 is 0. The number of H-pyrrole nitrogens is 1. The van der Waals surface area contributed by atoms with Crippen LogP contribution in [0.15, 0.2) is 17.2 Å². The van der Waals surface area contributed by atoms with E-state index in [0.29, 0.717) is 17.0 Å². The molecular weight excluding hydrogens is 220 g/mol. The van der Waals surface area contributed by atoms with E-state index in [0.717, 1.165) is 0 Å². The summed E-state index contributed by atoms with van der Waals surface area (Å²) in [6.45, 7) is 3.66. The van der Waals surface area contributed by atoms with E-state index in [-0.39, 0.29) is 17.4 Å². The molecule has 90 valence electrons. The fourth-order valence-electron chi connectivity index (χ4n) is 1.67. The Kier molecular flexibility index (Phi) is 2.71. The molecule has 0 radical (unpaired) electrons. The zero-order valence-electron chi connectivity index (χ0n) is 9.93.